The number of aromatic hydroxyl groups is 1. The second-order valence-corrected chi connectivity index (χ2v) is 14.8. The Labute approximate surface area is 300 Å². The minimum absolute atomic E-state index is 0.110. The molecule has 0 atom stereocenters. The first-order valence-electron chi connectivity index (χ1n) is 17.7. The van der Waals surface area contributed by atoms with E-state index in [0.29, 0.717) is 11.0 Å². The van der Waals surface area contributed by atoms with Crippen molar-refractivity contribution in [2.24, 2.45) is 0 Å². The molecule has 0 aliphatic carbocycles. The molecule has 4 heteroatoms. The lowest BCUT2D eigenvalue weighted by molar-refractivity contribution is 0.475. The average Bonchev–Trinajstić information content (AvgIpc) is 3.57. The van der Waals surface area contributed by atoms with Crippen LogP contribution in [0.1, 0.15) is 26.3 Å². The van der Waals surface area contributed by atoms with Gasteiger partial charge >= 0.3 is 0 Å². The fraction of sp³-hybridized carbons (Fsp3) is 0.0833. The van der Waals surface area contributed by atoms with Gasteiger partial charge in [0.05, 0.1) is 22.3 Å². The standard InChI is InChI=1S/C48H34N2O2/c1-48(2,3)33-24-31(23-32(25-33)41-26-30(21-22-49-41)28-11-5-4-6-12-28)40-19-18-37-35-15-9-10-16-36(35)38-27-39-43-34-14-8-7-13-29(34)17-20-42(43)52-47(39)46(51)44(38)45(37)50-40/h4-27,51H,1-3H3. The average molecular weight is 671 g/mol. The first-order chi connectivity index (χ1) is 25.3. The molecule has 0 unspecified atom stereocenters. The van der Waals surface area contributed by atoms with Crippen molar-refractivity contribution in [3.8, 4) is 39.4 Å². The van der Waals surface area contributed by atoms with E-state index in [1.54, 1.807) is 0 Å². The predicted molar refractivity (Wildman–Crippen MR) is 216 cm³/mol. The maximum Gasteiger partial charge on any atom is 0.177 e. The smallest absolute Gasteiger partial charge is 0.177 e. The lowest BCUT2D eigenvalue weighted by atomic mass is 9.84. The first kappa shape index (κ1) is 30.3. The van der Waals surface area contributed by atoms with Crippen LogP contribution in [0.5, 0.6) is 5.75 Å². The Hall–Kier alpha value is -6.52. The Morgan fingerprint density at radius 1 is 0.519 bits per heavy atom. The summed E-state index contributed by atoms with van der Waals surface area (Å²) in [6.07, 6.45) is 1.89. The number of hydrogen-bond donors (Lipinski definition) is 1. The molecule has 0 fully saturated rings. The SMILES string of the molecule is CC(C)(C)c1cc(-c2cc(-c3ccccc3)ccn2)cc(-c2ccc3c4ccccc4c4cc5c(oc6ccc7ccccc7c65)c(O)c4c3n2)c1. The van der Waals surface area contributed by atoms with E-state index in [4.69, 9.17) is 14.4 Å². The van der Waals surface area contributed by atoms with E-state index in [0.717, 1.165) is 87.8 Å². The van der Waals surface area contributed by atoms with Crippen molar-refractivity contribution in [2.75, 3.05) is 0 Å². The van der Waals surface area contributed by atoms with Crippen LogP contribution in [0.15, 0.2) is 150 Å². The third kappa shape index (κ3) is 4.68. The number of nitrogens with zero attached hydrogens (tertiary/aromatic N) is 2. The zero-order chi connectivity index (χ0) is 35.1. The maximum absolute atomic E-state index is 12.2. The molecule has 3 heterocycles. The van der Waals surface area contributed by atoms with E-state index in [-0.39, 0.29) is 11.2 Å². The molecule has 0 saturated carbocycles. The zero-order valence-corrected chi connectivity index (χ0v) is 29.1. The Morgan fingerprint density at radius 2 is 1.23 bits per heavy atom. The fourth-order valence-corrected chi connectivity index (χ4v) is 7.85. The highest BCUT2D eigenvalue weighted by atomic mass is 16.4. The fourth-order valence-electron chi connectivity index (χ4n) is 7.85. The molecule has 52 heavy (non-hydrogen) atoms. The second kappa shape index (κ2) is 11.2. The van der Waals surface area contributed by atoms with Crippen LogP contribution in [0, 0.1) is 0 Å². The van der Waals surface area contributed by atoms with E-state index >= 15 is 0 Å². The van der Waals surface area contributed by atoms with Gasteiger partial charge in [-0.1, -0.05) is 106 Å². The summed E-state index contributed by atoms with van der Waals surface area (Å²) in [4.78, 5) is 10.2. The van der Waals surface area contributed by atoms with Crippen molar-refractivity contribution >= 4 is 65.2 Å². The number of phenolic OH excluding ortho intramolecular Hbond substituents is 1. The van der Waals surface area contributed by atoms with Gasteiger partial charge in [0.2, 0.25) is 0 Å². The molecule has 0 saturated heterocycles. The summed E-state index contributed by atoms with van der Waals surface area (Å²) in [5.74, 6) is 0.110. The highest BCUT2D eigenvalue weighted by molar-refractivity contribution is 6.31. The third-order valence-electron chi connectivity index (χ3n) is 10.5. The number of rotatable bonds is 3. The summed E-state index contributed by atoms with van der Waals surface area (Å²) in [7, 11) is 0. The largest absolute Gasteiger partial charge is 0.504 e. The van der Waals surface area contributed by atoms with E-state index in [1.807, 2.05) is 30.5 Å². The van der Waals surface area contributed by atoms with Crippen LogP contribution in [-0.2, 0) is 5.41 Å². The lowest BCUT2D eigenvalue weighted by Gasteiger charge is -2.21. The lowest BCUT2D eigenvalue weighted by Crippen LogP contribution is -2.11. The van der Waals surface area contributed by atoms with Crippen LogP contribution in [-0.4, -0.2) is 15.1 Å². The van der Waals surface area contributed by atoms with Gasteiger partial charge in [0.25, 0.3) is 0 Å². The Bertz CT molecular complexity index is 3060. The molecular formula is C48H34N2O2. The molecule has 0 spiro atoms. The molecular weight excluding hydrogens is 637 g/mol. The van der Waals surface area contributed by atoms with Crippen molar-refractivity contribution in [3.05, 3.63) is 151 Å². The molecule has 4 nitrogen and oxygen atoms in total. The summed E-state index contributed by atoms with van der Waals surface area (Å²) in [6.45, 7) is 6.70. The van der Waals surface area contributed by atoms with Gasteiger partial charge in [-0.05, 0) is 104 Å². The van der Waals surface area contributed by atoms with Gasteiger partial charge in [-0.25, -0.2) is 4.98 Å². The van der Waals surface area contributed by atoms with Gasteiger partial charge in [-0.3, -0.25) is 4.98 Å². The van der Waals surface area contributed by atoms with Crippen LogP contribution in [0.3, 0.4) is 0 Å². The monoisotopic (exact) mass is 670 g/mol. The van der Waals surface area contributed by atoms with E-state index < -0.39 is 0 Å². The van der Waals surface area contributed by atoms with Crippen molar-refractivity contribution in [1.29, 1.82) is 0 Å². The minimum Gasteiger partial charge on any atom is -0.504 e. The summed E-state index contributed by atoms with van der Waals surface area (Å²) in [6, 6.07) is 48.5. The highest BCUT2D eigenvalue weighted by Crippen LogP contribution is 2.47. The van der Waals surface area contributed by atoms with Gasteiger partial charge < -0.3 is 9.52 Å². The van der Waals surface area contributed by atoms with Gasteiger partial charge in [-0.15, -0.1) is 0 Å². The topological polar surface area (TPSA) is 59.2 Å². The second-order valence-electron chi connectivity index (χ2n) is 14.8. The number of phenols is 1. The highest BCUT2D eigenvalue weighted by Gasteiger charge is 2.22. The number of fused-ring (bicyclic) bond motifs is 11. The van der Waals surface area contributed by atoms with Gasteiger partial charge in [0.15, 0.2) is 11.3 Å². The predicted octanol–water partition coefficient (Wildman–Crippen LogP) is 13.0. The number of furan rings is 1. The van der Waals surface area contributed by atoms with Crippen molar-refractivity contribution in [1.82, 2.24) is 9.97 Å². The molecule has 0 radical (unpaired) electrons. The maximum atomic E-state index is 12.2. The summed E-state index contributed by atoms with van der Waals surface area (Å²) < 4.78 is 6.45. The molecule has 0 bridgehead atoms. The van der Waals surface area contributed by atoms with Gasteiger partial charge in [0, 0.05) is 33.5 Å². The van der Waals surface area contributed by atoms with Gasteiger partial charge in [0.1, 0.15) is 5.58 Å². The molecule has 0 amide bonds. The van der Waals surface area contributed by atoms with Crippen molar-refractivity contribution in [2.45, 2.75) is 26.2 Å². The first-order valence-corrected chi connectivity index (χ1v) is 17.7. The molecule has 3 aromatic heterocycles. The van der Waals surface area contributed by atoms with Crippen LogP contribution in [0.2, 0.25) is 0 Å². The van der Waals surface area contributed by atoms with Crippen LogP contribution in [0.25, 0.3) is 98.8 Å². The van der Waals surface area contributed by atoms with E-state index in [1.165, 1.54) is 5.56 Å². The molecule has 0 aliphatic heterocycles. The van der Waals surface area contributed by atoms with Crippen molar-refractivity contribution in [3.63, 3.8) is 0 Å². The number of pyridine rings is 2. The summed E-state index contributed by atoms with van der Waals surface area (Å²) >= 11 is 0. The zero-order valence-electron chi connectivity index (χ0n) is 29.1. The third-order valence-corrected chi connectivity index (χ3v) is 10.5. The van der Waals surface area contributed by atoms with E-state index in [2.05, 4.69) is 136 Å². The molecule has 10 aromatic rings. The van der Waals surface area contributed by atoms with Crippen LogP contribution in [0.4, 0.5) is 0 Å². The molecule has 7 aromatic carbocycles. The van der Waals surface area contributed by atoms with Crippen LogP contribution < -0.4 is 0 Å². The minimum atomic E-state index is -0.114. The van der Waals surface area contributed by atoms with E-state index in [9.17, 15) is 5.11 Å². The number of aromatic nitrogens is 2. The van der Waals surface area contributed by atoms with Crippen LogP contribution >= 0.6 is 0 Å². The Kier molecular flexibility index (Phi) is 6.56. The molecule has 0 aliphatic rings. The normalized spacial score (nSPS) is 12.2. The molecule has 10 rings (SSSR count). The molecule has 1 N–H and O–H groups in total. The summed E-state index contributed by atoms with van der Waals surface area (Å²) in [5.41, 5.74) is 9.07. The molecule has 248 valence electrons. The summed E-state index contributed by atoms with van der Waals surface area (Å²) in [5, 5.41) is 21.1. The number of benzene rings is 7. The van der Waals surface area contributed by atoms with Gasteiger partial charge in [-0.2, -0.15) is 0 Å². The Balaban J connectivity index is 1.24. The Morgan fingerprint density at radius 3 is 2.02 bits per heavy atom. The quantitative estimate of drug-likeness (QED) is 0.190. The number of hydrogen-bond acceptors (Lipinski definition) is 4. The van der Waals surface area contributed by atoms with Crippen molar-refractivity contribution < 1.29 is 9.52 Å².